The van der Waals surface area contributed by atoms with E-state index in [1.165, 1.54) is 0 Å². The number of nitrogen functional groups attached to an aromatic ring is 1. The van der Waals surface area contributed by atoms with Crippen LogP contribution in [-0.2, 0) is 13.2 Å². The molecule has 0 spiro atoms. The van der Waals surface area contributed by atoms with Crippen LogP contribution in [0.2, 0.25) is 0 Å². The normalized spacial score (nSPS) is 10.9. The average molecular weight is 260 g/mol. The number of hydrogen-bond acceptors (Lipinski definition) is 4. The van der Waals surface area contributed by atoms with Crippen LogP contribution in [0.15, 0.2) is 24.5 Å². The molecular weight excluding hydrogens is 240 g/mol. The van der Waals surface area contributed by atoms with Gasteiger partial charge in [0.2, 0.25) is 0 Å². The molecule has 0 bridgehead atoms. The summed E-state index contributed by atoms with van der Waals surface area (Å²) in [5.41, 5.74) is 7.48. The van der Waals surface area contributed by atoms with Crippen molar-refractivity contribution in [2.24, 2.45) is 5.92 Å². The third kappa shape index (κ3) is 3.47. The molecule has 2 N–H and O–H groups in total. The van der Waals surface area contributed by atoms with E-state index in [2.05, 4.69) is 23.9 Å². The van der Waals surface area contributed by atoms with Gasteiger partial charge in [-0.05, 0) is 36.6 Å². The molecule has 19 heavy (non-hydrogen) atoms. The quantitative estimate of drug-likeness (QED) is 0.838. The van der Waals surface area contributed by atoms with Gasteiger partial charge in [0.15, 0.2) is 5.82 Å². The molecule has 0 unspecified atom stereocenters. The molecule has 0 aliphatic rings. The number of benzene rings is 1. The summed E-state index contributed by atoms with van der Waals surface area (Å²) in [5.74, 6) is 2.19. The predicted octanol–water partition coefficient (Wildman–Crippen LogP) is 2.40. The van der Waals surface area contributed by atoms with Crippen LogP contribution >= 0.6 is 0 Å². The van der Waals surface area contributed by atoms with Crippen molar-refractivity contribution in [3.8, 4) is 5.75 Å². The van der Waals surface area contributed by atoms with E-state index in [1.807, 2.05) is 29.8 Å². The number of aryl methyl sites for hydroxylation is 1. The molecule has 0 radical (unpaired) electrons. The van der Waals surface area contributed by atoms with Crippen LogP contribution in [0.5, 0.6) is 5.75 Å². The minimum atomic E-state index is 0.414. The largest absolute Gasteiger partial charge is 0.485 e. The van der Waals surface area contributed by atoms with E-state index in [1.54, 1.807) is 6.33 Å². The topological polar surface area (TPSA) is 66.0 Å². The van der Waals surface area contributed by atoms with E-state index in [0.29, 0.717) is 12.5 Å². The zero-order valence-electron chi connectivity index (χ0n) is 11.6. The van der Waals surface area contributed by atoms with Gasteiger partial charge in [-0.25, -0.2) is 9.67 Å². The molecule has 5 nitrogen and oxygen atoms in total. The van der Waals surface area contributed by atoms with Gasteiger partial charge in [-0.15, -0.1) is 0 Å². The van der Waals surface area contributed by atoms with E-state index in [-0.39, 0.29) is 0 Å². The van der Waals surface area contributed by atoms with Crippen LogP contribution in [0.1, 0.15) is 25.2 Å². The maximum absolute atomic E-state index is 5.78. The van der Waals surface area contributed by atoms with E-state index in [9.17, 15) is 0 Å². The van der Waals surface area contributed by atoms with E-state index < -0.39 is 0 Å². The van der Waals surface area contributed by atoms with Gasteiger partial charge in [-0.1, -0.05) is 13.8 Å². The van der Waals surface area contributed by atoms with E-state index >= 15 is 0 Å². The first-order valence-electron chi connectivity index (χ1n) is 6.42. The van der Waals surface area contributed by atoms with Crippen molar-refractivity contribution in [3.63, 3.8) is 0 Å². The number of anilines is 1. The van der Waals surface area contributed by atoms with Crippen LogP contribution in [0.25, 0.3) is 0 Å². The molecule has 0 aliphatic heterocycles. The lowest BCUT2D eigenvalue weighted by Gasteiger charge is -2.11. The molecule has 2 aromatic rings. The zero-order chi connectivity index (χ0) is 13.8. The monoisotopic (exact) mass is 260 g/mol. The molecule has 0 saturated carbocycles. The summed E-state index contributed by atoms with van der Waals surface area (Å²) in [6.45, 7) is 7.54. The van der Waals surface area contributed by atoms with Gasteiger partial charge in [0.25, 0.3) is 0 Å². The van der Waals surface area contributed by atoms with Crippen LogP contribution in [0.4, 0.5) is 5.69 Å². The van der Waals surface area contributed by atoms with E-state index in [4.69, 9.17) is 10.5 Å². The lowest BCUT2D eigenvalue weighted by Crippen LogP contribution is -2.12. The highest BCUT2D eigenvalue weighted by Gasteiger charge is 2.08. The van der Waals surface area contributed by atoms with Gasteiger partial charge in [0.1, 0.15) is 18.7 Å². The van der Waals surface area contributed by atoms with Gasteiger partial charge in [0, 0.05) is 12.2 Å². The van der Waals surface area contributed by atoms with Gasteiger partial charge in [-0.3, -0.25) is 0 Å². The molecule has 0 fully saturated rings. The molecule has 0 amide bonds. The van der Waals surface area contributed by atoms with Crippen molar-refractivity contribution in [1.29, 1.82) is 0 Å². The molecule has 5 heteroatoms. The summed E-state index contributed by atoms with van der Waals surface area (Å²) in [6.07, 6.45) is 1.57. The first-order chi connectivity index (χ1) is 9.06. The summed E-state index contributed by atoms with van der Waals surface area (Å²) in [7, 11) is 0. The lowest BCUT2D eigenvalue weighted by molar-refractivity contribution is 0.281. The fourth-order valence-corrected chi connectivity index (χ4v) is 1.88. The van der Waals surface area contributed by atoms with Crippen LogP contribution in [0, 0.1) is 12.8 Å². The molecular formula is C14H20N4O. The Hall–Kier alpha value is -2.04. The Morgan fingerprint density at radius 2 is 2.16 bits per heavy atom. The second kappa shape index (κ2) is 5.73. The molecule has 2 rings (SSSR count). The molecule has 102 valence electrons. The highest BCUT2D eigenvalue weighted by molar-refractivity contribution is 5.47. The van der Waals surface area contributed by atoms with Crippen molar-refractivity contribution in [3.05, 3.63) is 35.9 Å². The van der Waals surface area contributed by atoms with Crippen LogP contribution < -0.4 is 10.5 Å². The molecule has 0 aliphatic carbocycles. The number of nitrogens with two attached hydrogens (primary N) is 1. The summed E-state index contributed by atoms with van der Waals surface area (Å²) in [4.78, 5) is 4.23. The highest BCUT2D eigenvalue weighted by Crippen LogP contribution is 2.21. The van der Waals surface area contributed by atoms with Crippen molar-refractivity contribution in [2.45, 2.75) is 33.9 Å². The minimum absolute atomic E-state index is 0.414. The Bertz CT molecular complexity index is 548. The number of rotatable bonds is 5. The van der Waals surface area contributed by atoms with Gasteiger partial charge in [-0.2, -0.15) is 5.10 Å². The SMILES string of the molecule is Cc1cc(N)ccc1OCc1ncnn1CC(C)C. The molecule has 0 atom stereocenters. The lowest BCUT2D eigenvalue weighted by atomic mass is 10.2. The Labute approximate surface area is 113 Å². The maximum Gasteiger partial charge on any atom is 0.164 e. The molecule has 0 saturated heterocycles. The zero-order valence-corrected chi connectivity index (χ0v) is 11.6. The third-order valence-electron chi connectivity index (χ3n) is 2.79. The maximum atomic E-state index is 5.78. The average Bonchev–Trinajstić information content (AvgIpc) is 2.74. The van der Waals surface area contributed by atoms with Crippen molar-refractivity contribution in [2.75, 3.05) is 5.73 Å². The Balaban J connectivity index is 2.04. The standard InChI is InChI=1S/C14H20N4O/c1-10(2)7-18-14(16-9-17-18)8-19-13-5-4-12(15)6-11(13)3/h4-6,9-10H,7-8,15H2,1-3H3. The van der Waals surface area contributed by atoms with Crippen molar-refractivity contribution >= 4 is 5.69 Å². The Morgan fingerprint density at radius 3 is 2.84 bits per heavy atom. The van der Waals surface area contributed by atoms with Crippen LogP contribution in [-0.4, -0.2) is 14.8 Å². The van der Waals surface area contributed by atoms with Gasteiger partial charge >= 0.3 is 0 Å². The van der Waals surface area contributed by atoms with E-state index in [0.717, 1.165) is 29.4 Å². The number of aromatic nitrogens is 3. The summed E-state index contributed by atoms with van der Waals surface area (Å²) in [6, 6.07) is 5.61. The van der Waals surface area contributed by atoms with Crippen LogP contribution in [0.3, 0.4) is 0 Å². The van der Waals surface area contributed by atoms with Gasteiger partial charge < -0.3 is 10.5 Å². The highest BCUT2D eigenvalue weighted by atomic mass is 16.5. The summed E-state index contributed by atoms with van der Waals surface area (Å²) >= 11 is 0. The summed E-state index contributed by atoms with van der Waals surface area (Å²) in [5, 5.41) is 4.21. The molecule has 1 aromatic heterocycles. The fraction of sp³-hybridized carbons (Fsp3) is 0.429. The number of hydrogen-bond donors (Lipinski definition) is 1. The minimum Gasteiger partial charge on any atom is -0.485 e. The first-order valence-corrected chi connectivity index (χ1v) is 6.42. The fourth-order valence-electron chi connectivity index (χ4n) is 1.88. The Morgan fingerprint density at radius 1 is 1.37 bits per heavy atom. The number of nitrogens with zero attached hydrogens (tertiary/aromatic N) is 3. The smallest absolute Gasteiger partial charge is 0.164 e. The number of ether oxygens (including phenoxy) is 1. The molecule has 1 heterocycles. The Kier molecular flexibility index (Phi) is 4.04. The molecule has 1 aromatic carbocycles. The summed E-state index contributed by atoms with van der Waals surface area (Å²) < 4.78 is 7.67. The predicted molar refractivity (Wildman–Crippen MR) is 74.8 cm³/mol. The van der Waals surface area contributed by atoms with Gasteiger partial charge in [0.05, 0.1) is 0 Å². The van der Waals surface area contributed by atoms with Crippen molar-refractivity contribution in [1.82, 2.24) is 14.8 Å². The second-order valence-corrected chi connectivity index (χ2v) is 5.07. The first kappa shape index (κ1) is 13.4. The van der Waals surface area contributed by atoms with Crippen molar-refractivity contribution < 1.29 is 4.74 Å². The third-order valence-corrected chi connectivity index (χ3v) is 2.79. The second-order valence-electron chi connectivity index (χ2n) is 5.07.